The van der Waals surface area contributed by atoms with Crippen molar-refractivity contribution < 1.29 is 9.53 Å². The zero-order valence-corrected chi connectivity index (χ0v) is 15.7. The molecule has 10 nitrogen and oxygen atoms in total. The van der Waals surface area contributed by atoms with Gasteiger partial charge in [0.05, 0.1) is 30.2 Å². The number of para-hydroxylation sites is 1. The summed E-state index contributed by atoms with van der Waals surface area (Å²) in [6.45, 7) is 0. The van der Waals surface area contributed by atoms with Crippen LogP contribution in [0.4, 0.5) is 0 Å². The summed E-state index contributed by atoms with van der Waals surface area (Å²) in [6.07, 6.45) is 1.56. The fourth-order valence-corrected chi connectivity index (χ4v) is 3.42. The first-order valence-electron chi connectivity index (χ1n) is 8.96. The Hall–Kier alpha value is -4.47. The average Bonchev–Trinajstić information content (AvgIpc) is 3.36. The molecule has 0 spiro atoms. The van der Waals surface area contributed by atoms with Crippen molar-refractivity contribution in [2.24, 2.45) is 5.73 Å². The molecular weight excluding hydrogens is 386 g/mol. The smallest absolute Gasteiger partial charge is 0.332 e. The first-order valence-corrected chi connectivity index (χ1v) is 8.96. The molecule has 0 bridgehead atoms. The van der Waals surface area contributed by atoms with Crippen LogP contribution in [0.15, 0.2) is 53.6 Å². The van der Waals surface area contributed by atoms with Crippen molar-refractivity contribution in [1.82, 2.24) is 29.5 Å². The van der Waals surface area contributed by atoms with E-state index < -0.39 is 11.6 Å². The Labute approximate surface area is 168 Å². The number of aromatic nitrogens is 6. The summed E-state index contributed by atoms with van der Waals surface area (Å²) in [6, 6.07) is 12.4. The zero-order valence-electron chi connectivity index (χ0n) is 15.7. The number of carbonyl (C=O) groups is 1. The molecule has 0 unspecified atom stereocenters. The van der Waals surface area contributed by atoms with Gasteiger partial charge < -0.3 is 20.4 Å². The predicted molar refractivity (Wildman–Crippen MR) is 110 cm³/mol. The topological polar surface area (TPSA) is 145 Å². The van der Waals surface area contributed by atoms with E-state index in [0.717, 1.165) is 5.52 Å². The molecule has 0 fully saturated rings. The number of rotatable bonds is 4. The number of methoxy groups -OCH3 is 1. The number of nitrogens with two attached hydrogens (primary N) is 1. The molecule has 0 saturated carbocycles. The van der Waals surface area contributed by atoms with Crippen molar-refractivity contribution in [3.05, 3.63) is 65.0 Å². The van der Waals surface area contributed by atoms with Crippen LogP contribution in [0.3, 0.4) is 0 Å². The molecule has 0 saturated heterocycles. The number of nitrogens with one attached hydrogen (secondary N) is 2. The zero-order chi connectivity index (χ0) is 20.8. The van der Waals surface area contributed by atoms with Crippen LogP contribution in [0.5, 0.6) is 5.75 Å². The molecule has 2 aromatic carbocycles. The van der Waals surface area contributed by atoms with Crippen LogP contribution < -0.4 is 16.2 Å². The normalized spacial score (nSPS) is 11.2. The molecule has 0 aliphatic rings. The summed E-state index contributed by atoms with van der Waals surface area (Å²) in [4.78, 5) is 43.8. The highest BCUT2D eigenvalue weighted by atomic mass is 16.5. The Morgan fingerprint density at radius 3 is 2.80 bits per heavy atom. The third-order valence-electron chi connectivity index (χ3n) is 4.77. The number of H-pyrrole nitrogens is 2. The predicted octanol–water partition coefficient (Wildman–Crippen LogP) is 1.76. The molecule has 148 valence electrons. The summed E-state index contributed by atoms with van der Waals surface area (Å²) >= 11 is 0. The molecule has 5 aromatic rings. The second-order valence-corrected chi connectivity index (χ2v) is 6.53. The van der Waals surface area contributed by atoms with Gasteiger partial charge in [-0.1, -0.05) is 12.1 Å². The monoisotopic (exact) mass is 401 g/mol. The minimum Gasteiger partial charge on any atom is -0.497 e. The number of imidazole rings is 2. The molecule has 0 aliphatic carbocycles. The number of aromatic amines is 2. The lowest BCUT2D eigenvalue weighted by Gasteiger charge is -2.08. The standard InChI is InChI=1S/C20H15N7O3/c1-30-11-5-2-4-10(8-11)27-19-16(25-20(27)29)15(17(21)28)24-18(26-19)12-6-3-7-13-14(12)23-9-22-13/h2-9H,1H3,(H2,21,28)(H,22,23)(H,25,29). The highest BCUT2D eigenvalue weighted by Gasteiger charge is 2.21. The maximum Gasteiger partial charge on any atom is 0.332 e. The summed E-state index contributed by atoms with van der Waals surface area (Å²) < 4.78 is 6.60. The second-order valence-electron chi connectivity index (χ2n) is 6.53. The average molecular weight is 401 g/mol. The van der Waals surface area contributed by atoms with Crippen LogP contribution in [-0.4, -0.2) is 42.5 Å². The van der Waals surface area contributed by atoms with Gasteiger partial charge in [-0.25, -0.2) is 24.3 Å². The molecule has 3 heterocycles. The fraction of sp³-hybridized carbons (Fsp3) is 0.0500. The minimum absolute atomic E-state index is 0.0821. The van der Waals surface area contributed by atoms with Crippen molar-refractivity contribution in [2.45, 2.75) is 0 Å². The van der Waals surface area contributed by atoms with Gasteiger partial charge in [-0.15, -0.1) is 0 Å². The third kappa shape index (κ3) is 2.62. The molecule has 0 atom stereocenters. The number of ether oxygens (including phenoxy) is 1. The lowest BCUT2D eigenvalue weighted by Crippen LogP contribution is -2.15. The number of fused-ring (bicyclic) bond motifs is 2. The van der Waals surface area contributed by atoms with E-state index in [1.54, 1.807) is 36.7 Å². The number of benzene rings is 2. The van der Waals surface area contributed by atoms with E-state index in [1.807, 2.05) is 12.1 Å². The van der Waals surface area contributed by atoms with Crippen LogP contribution in [0, 0.1) is 0 Å². The Bertz CT molecular complexity index is 1500. The third-order valence-corrected chi connectivity index (χ3v) is 4.77. The number of hydrogen-bond acceptors (Lipinski definition) is 6. The number of carbonyl (C=O) groups excluding carboxylic acids is 1. The lowest BCUT2D eigenvalue weighted by molar-refractivity contribution is 0.0997. The Morgan fingerprint density at radius 2 is 2.00 bits per heavy atom. The first kappa shape index (κ1) is 17.6. The van der Waals surface area contributed by atoms with Gasteiger partial charge in [0.15, 0.2) is 17.2 Å². The van der Waals surface area contributed by atoms with E-state index >= 15 is 0 Å². The van der Waals surface area contributed by atoms with Gasteiger partial charge in [0.2, 0.25) is 0 Å². The van der Waals surface area contributed by atoms with Crippen molar-refractivity contribution in [3.63, 3.8) is 0 Å². The largest absolute Gasteiger partial charge is 0.497 e. The van der Waals surface area contributed by atoms with Gasteiger partial charge in [-0.2, -0.15) is 0 Å². The van der Waals surface area contributed by atoms with Crippen LogP contribution in [-0.2, 0) is 0 Å². The summed E-state index contributed by atoms with van der Waals surface area (Å²) in [5, 5.41) is 0. The van der Waals surface area contributed by atoms with E-state index in [0.29, 0.717) is 22.5 Å². The summed E-state index contributed by atoms with van der Waals surface area (Å²) in [5.74, 6) is 0.0148. The Morgan fingerprint density at radius 1 is 1.17 bits per heavy atom. The fourth-order valence-electron chi connectivity index (χ4n) is 3.42. The maximum absolute atomic E-state index is 12.8. The van der Waals surface area contributed by atoms with Gasteiger partial charge >= 0.3 is 5.69 Å². The number of hydrogen-bond donors (Lipinski definition) is 3. The van der Waals surface area contributed by atoms with Crippen LogP contribution >= 0.6 is 0 Å². The van der Waals surface area contributed by atoms with Crippen molar-refractivity contribution in [1.29, 1.82) is 0 Å². The second kappa shape index (κ2) is 6.55. The van der Waals surface area contributed by atoms with E-state index in [9.17, 15) is 9.59 Å². The number of nitrogens with zero attached hydrogens (tertiary/aromatic N) is 4. The minimum atomic E-state index is -0.781. The maximum atomic E-state index is 12.8. The Kier molecular flexibility index (Phi) is 3.85. The van der Waals surface area contributed by atoms with Gasteiger partial charge in [0, 0.05) is 11.6 Å². The molecule has 5 rings (SSSR count). The van der Waals surface area contributed by atoms with Crippen LogP contribution in [0.2, 0.25) is 0 Å². The van der Waals surface area contributed by atoms with Crippen LogP contribution in [0.25, 0.3) is 39.3 Å². The molecule has 0 aliphatic heterocycles. The molecule has 30 heavy (non-hydrogen) atoms. The van der Waals surface area contributed by atoms with Crippen molar-refractivity contribution in [3.8, 4) is 22.8 Å². The Balaban J connectivity index is 1.86. The molecule has 4 N–H and O–H groups in total. The summed E-state index contributed by atoms with van der Waals surface area (Å²) in [5.41, 5.74) is 7.92. The molecule has 0 radical (unpaired) electrons. The highest BCUT2D eigenvalue weighted by Crippen LogP contribution is 2.27. The molecule has 3 aromatic heterocycles. The van der Waals surface area contributed by atoms with Crippen molar-refractivity contribution in [2.75, 3.05) is 7.11 Å². The van der Waals surface area contributed by atoms with Gasteiger partial charge in [-0.3, -0.25) is 4.79 Å². The van der Waals surface area contributed by atoms with Crippen LogP contribution in [0.1, 0.15) is 10.5 Å². The van der Waals surface area contributed by atoms with Crippen molar-refractivity contribution >= 4 is 28.1 Å². The molecule has 1 amide bonds. The molecular formula is C20H15N7O3. The van der Waals surface area contributed by atoms with Gasteiger partial charge in [0.1, 0.15) is 11.3 Å². The van der Waals surface area contributed by atoms with E-state index in [4.69, 9.17) is 10.5 Å². The lowest BCUT2D eigenvalue weighted by atomic mass is 10.1. The first-order chi connectivity index (χ1) is 14.6. The van der Waals surface area contributed by atoms with E-state index in [-0.39, 0.29) is 22.7 Å². The number of primary amides is 1. The highest BCUT2D eigenvalue weighted by molar-refractivity contribution is 6.02. The quantitative estimate of drug-likeness (QED) is 0.418. The SMILES string of the molecule is COc1cccc(-n2c(=O)[nH]c3c(C(N)=O)nc(-c4cccc5[nH]cnc45)nc32)c1. The summed E-state index contributed by atoms with van der Waals surface area (Å²) in [7, 11) is 1.53. The number of amides is 1. The van der Waals surface area contributed by atoms with E-state index in [1.165, 1.54) is 11.7 Å². The van der Waals surface area contributed by atoms with E-state index in [2.05, 4.69) is 24.9 Å². The molecule has 10 heteroatoms. The van der Waals surface area contributed by atoms with Gasteiger partial charge in [-0.05, 0) is 24.3 Å². The van der Waals surface area contributed by atoms with Gasteiger partial charge in [0.25, 0.3) is 5.91 Å².